The molecule has 57 heavy (non-hydrogen) atoms. The maximum Gasteiger partial charge on any atom is 0.227 e. The Morgan fingerprint density at radius 2 is 0.947 bits per heavy atom. The molecule has 0 radical (unpaired) electrons. The zero-order chi connectivity index (χ0) is 39.4. The molecule has 7 aromatic carbocycles. The number of anilines is 6. The molecule has 0 aliphatic rings. The van der Waals surface area contributed by atoms with Crippen LogP contribution in [-0.4, -0.2) is 9.55 Å². The third-order valence-corrected chi connectivity index (χ3v) is 11.2. The van der Waals surface area contributed by atoms with Gasteiger partial charge in [-0.3, -0.25) is 0 Å². The first kappa shape index (κ1) is 36.1. The zero-order valence-electron chi connectivity index (χ0n) is 33.8. The van der Waals surface area contributed by atoms with Crippen LogP contribution in [0, 0.1) is 20.8 Å². The molecule has 9 aromatic rings. The number of aryl methyl sites for hydroxylation is 4. The second-order valence-corrected chi connectivity index (χ2v) is 16.3. The quantitative estimate of drug-likeness (QED) is 0.155. The number of hydrogen-bond donors (Lipinski definition) is 0. The van der Waals surface area contributed by atoms with Crippen molar-refractivity contribution in [2.45, 2.75) is 60.4 Å². The fourth-order valence-corrected chi connectivity index (χ4v) is 7.95. The Labute approximate surface area is 335 Å². The van der Waals surface area contributed by atoms with E-state index in [0.717, 1.165) is 57.3 Å². The Hall–Kier alpha value is -6.59. The molecule has 2 aromatic heterocycles. The van der Waals surface area contributed by atoms with E-state index in [4.69, 9.17) is 9.40 Å². The number of hydrogen-bond acceptors (Lipinski definition) is 4. The normalized spacial score (nSPS) is 11.8. The molecule has 0 unspecified atom stereocenters. The van der Waals surface area contributed by atoms with Gasteiger partial charge in [-0.2, -0.15) is 0 Å². The fourth-order valence-electron chi connectivity index (χ4n) is 7.95. The maximum absolute atomic E-state index is 6.37. The van der Waals surface area contributed by atoms with Gasteiger partial charge in [0.05, 0.1) is 0 Å². The lowest BCUT2D eigenvalue weighted by Gasteiger charge is -2.28. The van der Waals surface area contributed by atoms with Crippen LogP contribution in [0.5, 0.6) is 0 Å². The van der Waals surface area contributed by atoms with Gasteiger partial charge in [0.1, 0.15) is 5.52 Å². The Bertz CT molecular complexity index is 2830. The molecule has 0 aliphatic carbocycles. The number of benzene rings is 7. The van der Waals surface area contributed by atoms with Crippen LogP contribution >= 0.6 is 0 Å². The molecule has 0 aliphatic heterocycles. The summed E-state index contributed by atoms with van der Waals surface area (Å²) in [5, 5.41) is 2.37. The largest absolute Gasteiger partial charge is 0.436 e. The third-order valence-electron chi connectivity index (χ3n) is 11.2. The van der Waals surface area contributed by atoms with Crippen LogP contribution in [0.2, 0.25) is 0 Å². The minimum Gasteiger partial charge on any atom is -0.436 e. The van der Waals surface area contributed by atoms with Gasteiger partial charge in [0.2, 0.25) is 5.89 Å². The average molecular weight is 745 g/mol. The molecule has 0 saturated carbocycles. The van der Waals surface area contributed by atoms with Crippen LogP contribution in [-0.2, 0) is 12.0 Å². The van der Waals surface area contributed by atoms with Crippen molar-refractivity contribution < 1.29 is 4.42 Å². The van der Waals surface area contributed by atoms with E-state index in [-0.39, 0.29) is 5.41 Å². The molecule has 0 saturated heterocycles. The predicted octanol–water partition coefficient (Wildman–Crippen LogP) is 14.8. The number of oxazole rings is 1. The van der Waals surface area contributed by atoms with Crippen molar-refractivity contribution in [2.75, 3.05) is 9.80 Å². The van der Waals surface area contributed by atoms with Gasteiger partial charge in [0, 0.05) is 68.0 Å². The summed E-state index contributed by atoms with van der Waals surface area (Å²) in [5.74, 6) is 0.637. The Balaban J connectivity index is 1.16. The lowest BCUT2D eigenvalue weighted by atomic mass is 9.87. The summed E-state index contributed by atoms with van der Waals surface area (Å²) in [6, 6.07) is 55.0. The van der Waals surface area contributed by atoms with Crippen LogP contribution in [0.4, 0.5) is 34.1 Å². The van der Waals surface area contributed by atoms with E-state index >= 15 is 0 Å². The van der Waals surface area contributed by atoms with Crippen molar-refractivity contribution in [3.8, 4) is 11.5 Å². The van der Waals surface area contributed by atoms with E-state index in [1.807, 2.05) is 0 Å². The molecule has 0 fully saturated rings. The van der Waals surface area contributed by atoms with Crippen molar-refractivity contribution in [3.63, 3.8) is 0 Å². The molecule has 5 heteroatoms. The van der Waals surface area contributed by atoms with Gasteiger partial charge >= 0.3 is 0 Å². The first-order valence-corrected chi connectivity index (χ1v) is 19.9. The molecule has 0 spiro atoms. The van der Waals surface area contributed by atoms with Gasteiger partial charge < -0.3 is 18.8 Å². The zero-order valence-corrected chi connectivity index (χ0v) is 33.8. The van der Waals surface area contributed by atoms with E-state index in [1.54, 1.807) is 0 Å². The summed E-state index contributed by atoms with van der Waals surface area (Å²) in [5.41, 5.74) is 16.6. The molecule has 9 rings (SSSR count). The Morgan fingerprint density at radius 3 is 1.44 bits per heavy atom. The lowest BCUT2D eigenvalue weighted by molar-refractivity contribution is 0.590. The first-order valence-electron chi connectivity index (χ1n) is 19.9. The summed E-state index contributed by atoms with van der Waals surface area (Å²) in [7, 11) is 0. The Kier molecular flexibility index (Phi) is 8.96. The SMILES string of the molecule is CCn1c2ccc(-c3nc4cc(C(C)(C)C)ccc4o3)cc2c2cc(N(c3ccc(C)cc3)c3ccc(N(c4ccc(C)cc4)c4ccc(C)cc4)cc3)ccc21. The van der Waals surface area contributed by atoms with E-state index < -0.39 is 0 Å². The average Bonchev–Trinajstić information content (AvgIpc) is 3.79. The number of rotatable bonds is 8. The van der Waals surface area contributed by atoms with Crippen molar-refractivity contribution in [1.82, 2.24) is 9.55 Å². The molecule has 0 amide bonds. The summed E-state index contributed by atoms with van der Waals surface area (Å²) < 4.78 is 8.77. The van der Waals surface area contributed by atoms with E-state index in [1.165, 1.54) is 44.1 Å². The smallest absolute Gasteiger partial charge is 0.227 e. The fraction of sp³-hybridized carbons (Fsp3) is 0.173. The second-order valence-electron chi connectivity index (χ2n) is 16.3. The van der Waals surface area contributed by atoms with Crippen LogP contribution in [0.1, 0.15) is 49.9 Å². The molecule has 2 heterocycles. The Morgan fingerprint density at radius 1 is 0.509 bits per heavy atom. The van der Waals surface area contributed by atoms with Crippen molar-refractivity contribution in [3.05, 3.63) is 174 Å². The lowest BCUT2D eigenvalue weighted by Crippen LogP contribution is -2.12. The topological polar surface area (TPSA) is 37.4 Å². The van der Waals surface area contributed by atoms with Crippen LogP contribution < -0.4 is 9.80 Å². The molecule has 282 valence electrons. The number of aromatic nitrogens is 2. The third kappa shape index (κ3) is 6.74. The molecular formula is C52H48N4O. The van der Waals surface area contributed by atoms with E-state index in [0.29, 0.717) is 5.89 Å². The van der Waals surface area contributed by atoms with Gasteiger partial charge in [-0.1, -0.05) is 79.9 Å². The summed E-state index contributed by atoms with van der Waals surface area (Å²) in [4.78, 5) is 9.66. The monoisotopic (exact) mass is 744 g/mol. The standard InChI is InChI=1S/C52H48N4O/c1-8-54-48-28-15-37(51-53-47-32-38(52(5,6)7)16-30-50(47)57-51)31-45(48)46-33-44(27-29-49(46)54)56(41-21-13-36(4)14-22-41)43-25-23-42(24-26-43)55(39-17-9-34(2)10-18-39)40-19-11-35(3)12-20-40/h9-33H,8H2,1-7H3. The maximum atomic E-state index is 6.37. The minimum absolute atomic E-state index is 0.0314. The molecule has 0 atom stereocenters. The van der Waals surface area contributed by atoms with Gasteiger partial charge in [-0.05, 0) is 148 Å². The van der Waals surface area contributed by atoms with Crippen LogP contribution in [0.15, 0.2) is 156 Å². The van der Waals surface area contributed by atoms with Crippen molar-refractivity contribution in [2.24, 2.45) is 0 Å². The highest BCUT2D eigenvalue weighted by Gasteiger charge is 2.20. The van der Waals surface area contributed by atoms with E-state index in [2.05, 4.69) is 214 Å². The molecule has 5 nitrogen and oxygen atoms in total. The van der Waals surface area contributed by atoms with Gasteiger partial charge in [-0.25, -0.2) is 4.98 Å². The highest BCUT2D eigenvalue weighted by Crippen LogP contribution is 2.42. The van der Waals surface area contributed by atoms with Crippen molar-refractivity contribution in [1.29, 1.82) is 0 Å². The summed E-state index contributed by atoms with van der Waals surface area (Å²) >= 11 is 0. The minimum atomic E-state index is 0.0314. The van der Waals surface area contributed by atoms with Crippen LogP contribution in [0.25, 0.3) is 44.4 Å². The van der Waals surface area contributed by atoms with Crippen molar-refractivity contribution >= 4 is 67.0 Å². The summed E-state index contributed by atoms with van der Waals surface area (Å²) in [6.45, 7) is 16.1. The second kappa shape index (κ2) is 14.2. The first-order chi connectivity index (χ1) is 27.5. The van der Waals surface area contributed by atoms with Gasteiger partial charge in [0.15, 0.2) is 5.58 Å². The number of fused-ring (bicyclic) bond motifs is 4. The molecule has 0 N–H and O–H groups in total. The van der Waals surface area contributed by atoms with E-state index in [9.17, 15) is 0 Å². The van der Waals surface area contributed by atoms with Crippen LogP contribution in [0.3, 0.4) is 0 Å². The highest BCUT2D eigenvalue weighted by molar-refractivity contribution is 6.10. The number of nitrogens with zero attached hydrogens (tertiary/aromatic N) is 4. The van der Waals surface area contributed by atoms with Gasteiger partial charge in [-0.15, -0.1) is 0 Å². The predicted molar refractivity (Wildman–Crippen MR) is 240 cm³/mol. The molecular weight excluding hydrogens is 697 g/mol. The van der Waals surface area contributed by atoms with Gasteiger partial charge in [0.25, 0.3) is 0 Å². The highest BCUT2D eigenvalue weighted by atomic mass is 16.3. The summed E-state index contributed by atoms with van der Waals surface area (Å²) in [6.07, 6.45) is 0. The molecule has 0 bridgehead atoms.